The largest absolute Gasteiger partial charge is 0.469 e. The van der Waals surface area contributed by atoms with E-state index in [0.29, 0.717) is 10.3 Å². The number of amides is 1. The van der Waals surface area contributed by atoms with Gasteiger partial charge in [0.15, 0.2) is 0 Å². The molecule has 0 atom stereocenters. The highest BCUT2D eigenvalue weighted by Gasteiger charge is 2.07. The Morgan fingerprint density at radius 2 is 2.25 bits per heavy atom. The summed E-state index contributed by atoms with van der Waals surface area (Å²) in [5.74, 6) is -0.673. The van der Waals surface area contributed by atoms with Crippen molar-refractivity contribution in [2.75, 3.05) is 13.7 Å². The van der Waals surface area contributed by atoms with Crippen LogP contribution in [0.5, 0.6) is 0 Å². The van der Waals surface area contributed by atoms with Crippen molar-refractivity contribution < 1.29 is 14.3 Å². The summed E-state index contributed by atoms with van der Waals surface area (Å²) in [4.78, 5) is 26.3. The average molecular weight is 287 g/mol. The molecule has 6 heteroatoms. The number of halogens is 1. The highest BCUT2D eigenvalue weighted by molar-refractivity contribution is 9.10. The van der Waals surface area contributed by atoms with Crippen molar-refractivity contribution in [3.05, 3.63) is 28.5 Å². The smallest absolute Gasteiger partial charge is 0.307 e. The first-order valence-corrected chi connectivity index (χ1v) is 5.40. The summed E-state index contributed by atoms with van der Waals surface area (Å²) in [5.41, 5.74) is 0.305. The molecule has 0 fully saturated rings. The van der Waals surface area contributed by atoms with Crippen molar-refractivity contribution >= 4 is 27.8 Å². The summed E-state index contributed by atoms with van der Waals surface area (Å²) in [6.07, 6.45) is 0.149. The van der Waals surface area contributed by atoms with Gasteiger partial charge in [0.05, 0.1) is 13.5 Å². The number of hydrogen-bond donors (Lipinski definition) is 1. The molecular weight excluding hydrogens is 276 g/mol. The Hall–Kier alpha value is -1.43. The van der Waals surface area contributed by atoms with E-state index in [4.69, 9.17) is 0 Å². The minimum atomic E-state index is -0.359. The SMILES string of the molecule is COC(=O)CCNC(=O)c1cccc(Br)n1. The molecule has 0 aliphatic heterocycles. The molecule has 1 amide bonds. The van der Waals surface area contributed by atoms with Crippen LogP contribution < -0.4 is 5.32 Å². The van der Waals surface area contributed by atoms with Gasteiger partial charge >= 0.3 is 5.97 Å². The Kier molecular flexibility index (Phi) is 4.91. The third kappa shape index (κ3) is 3.98. The van der Waals surface area contributed by atoms with Gasteiger partial charge in [-0.1, -0.05) is 6.07 Å². The standard InChI is InChI=1S/C10H11BrN2O3/c1-16-9(14)5-6-12-10(15)7-3-2-4-8(11)13-7/h2-4H,5-6H2,1H3,(H,12,15). The Morgan fingerprint density at radius 1 is 1.50 bits per heavy atom. The Balaban J connectivity index is 2.44. The van der Waals surface area contributed by atoms with E-state index in [1.165, 1.54) is 7.11 Å². The summed E-state index contributed by atoms with van der Waals surface area (Å²) in [6, 6.07) is 5.04. The summed E-state index contributed by atoms with van der Waals surface area (Å²) in [7, 11) is 1.31. The number of nitrogens with zero attached hydrogens (tertiary/aromatic N) is 1. The lowest BCUT2D eigenvalue weighted by Crippen LogP contribution is -2.27. The summed E-state index contributed by atoms with van der Waals surface area (Å²) in [6.45, 7) is 0.236. The lowest BCUT2D eigenvalue weighted by Gasteiger charge is -2.03. The molecule has 0 aliphatic rings. The topological polar surface area (TPSA) is 68.3 Å². The van der Waals surface area contributed by atoms with Crippen LogP contribution in [0.25, 0.3) is 0 Å². The fraction of sp³-hybridized carbons (Fsp3) is 0.300. The molecule has 86 valence electrons. The zero-order chi connectivity index (χ0) is 12.0. The lowest BCUT2D eigenvalue weighted by atomic mass is 10.3. The van der Waals surface area contributed by atoms with E-state index in [1.54, 1.807) is 18.2 Å². The number of aromatic nitrogens is 1. The zero-order valence-electron chi connectivity index (χ0n) is 8.70. The highest BCUT2D eigenvalue weighted by Crippen LogP contribution is 2.05. The van der Waals surface area contributed by atoms with Crippen molar-refractivity contribution in [1.29, 1.82) is 0 Å². The van der Waals surface area contributed by atoms with Gasteiger partial charge in [-0.2, -0.15) is 0 Å². The number of carbonyl (C=O) groups is 2. The minimum Gasteiger partial charge on any atom is -0.469 e. The summed E-state index contributed by atoms with van der Waals surface area (Å²) < 4.78 is 5.03. The van der Waals surface area contributed by atoms with Gasteiger partial charge in [-0.3, -0.25) is 9.59 Å². The van der Waals surface area contributed by atoms with Gasteiger partial charge in [0.2, 0.25) is 0 Å². The maximum atomic E-state index is 11.5. The van der Waals surface area contributed by atoms with E-state index in [1.807, 2.05) is 0 Å². The van der Waals surface area contributed by atoms with Crippen LogP contribution in [0.1, 0.15) is 16.9 Å². The van der Waals surface area contributed by atoms with Gasteiger partial charge in [0.1, 0.15) is 10.3 Å². The first-order chi connectivity index (χ1) is 7.63. The number of hydrogen-bond acceptors (Lipinski definition) is 4. The van der Waals surface area contributed by atoms with Gasteiger partial charge < -0.3 is 10.1 Å². The van der Waals surface area contributed by atoms with Crippen molar-refractivity contribution in [2.24, 2.45) is 0 Å². The molecule has 1 aromatic rings. The fourth-order valence-electron chi connectivity index (χ4n) is 1.01. The highest BCUT2D eigenvalue weighted by atomic mass is 79.9. The predicted octanol–water partition coefficient (Wildman–Crippen LogP) is 1.14. The van der Waals surface area contributed by atoms with Crippen LogP contribution in [0, 0.1) is 0 Å². The van der Waals surface area contributed by atoms with Gasteiger partial charge in [0.25, 0.3) is 5.91 Å². The van der Waals surface area contributed by atoms with Crippen molar-refractivity contribution in [1.82, 2.24) is 10.3 Å². The van der Waals surface area contributed by atoms with Crippen LogP contribution in [0.4, 0.5) is 0 Å². The van der Waals surface area contributed by atoms with Crippen molar-refractivity contribution in [3.8, 4) is 0 Å². The maximum absolute atomic E-state index is 11.5. The normalized spacial score (nSPS) is 9.62. The maximum Gasteiger partial charge on any atom is 0.307 e. The molecule has 16 heavy (non-hydrogen) atoms. The van der Waals surface area contributed by atoms with Crippen LogP contribution in [0.15, 0.2) is 22.8 Å². The second kappa shape index (κ2) is 6.22. The summed E-state index contributed by atoms with van der Waals surface area (Å²) >= 11 is 3.17. The number of rotatable bonds is 4. The van der Waals surface area contributed by atoms with E-state index in [9.17, 15) is 9.59 Å². The van der Waals surface area contributed by atoms with E-state index in [2.05, 4.69) is 31.0 Å². The third-order valence-electron chi connectivity index (χ3n) is 1.79. The average Bonchev–Trinajstić information content (AvgIpc) is 2.28. The molecular formula is C10H11BrN2O3. The number of ether oxygens (including phenoxy) is 1. The van der Waals surface area contributed by atoms with E-state index >= 15 is 0 Å². The molecule has 1 heterocycles. The van der Waals surface area contributed by atoms with Crippen LogP contribution >= 0.6 is 15.9 Å². The van der Waals surface area contributed by atoms with Crippen LogP contribution in [-0.4, -0.2) is 30.5 Å². The number of carbonyl (C=O) groups excluding carboxylic acids is 2. The van der Waals surface area contributed by atoms with E-state index < -0.39 is 0 Å². The lowest BCUT2D eigenvalue weighted by molar-refractivity contribution is -0.140. The second-order valence-electron chi connectivity index (χ2n) is 2.93. The molecule has 0 saturated heterocycles. The van der Waals surface area contributed by atoms with Gasteiger partial charge in [-0.05, 0) is 28.1 Å². The van der Waals surface area contributed by atoms with Gasteiger partial charge in [0, 0.05) is 6.54 Å². The quantitative estimate of drug-likeness (QED) is 0.666. The second-order valence-corrected chi connectivity index (χ2v) is 3.74. The molecule has 0 aliphatic carbocycles. The molecule has 1 rings (SSSR count). The van der Waals surface area contributed by atoms with Crippen molar-refractivity contribution in [2.45, 2.75) is 6.42 Å². The number of nitrogens with one attached hydrogen (secondary N) is 1. The van der Waals surface area contributed by atoms with Gasteiger partial charge in [-0.25, -0.2) is 4.98 Å². The first-order valence-electron chi connectivity index (χ1n) is 4.61. The monoisotopic (exact) mass is 286 g/mol. The van der Waals surface area contributed by atoms with Crippen molar-refractivity contribution in [3.63, 3.8) is 0 Å². The summed E-state index contributed by atoms with van der Waals surface area (Å²) in [5, 5.41) is 2.57. The first kappa shape index (κ1) is 12.6. The Morgan fingerprint density at radius 3 is 2.88 bits per heavy atom. The molecule has 0 unspecified atom stereocenters. The fourth-order valence-corrected chi connectivity index (χ4v) is 1.35. The molecule has 1 aromatic heterocycles. The van der Waals surface area contributed by atoms with E-state index in [-0.39, 0.29) is 24.8 Å². The molecule has 0 radical (unpaired) electrons. The number of pyridine rings is 1. The molecule has 0 bridgehead atoms. The third-order valence-corrected chi connectivity index (χ3v) is 2.23. The number of esters is 1. The van der Waals surface area contributed by atoms with E-state index in [0.717, 1.165) is 0 Å². The Labute approximate surface area is 101 Å². The Bertz CT molecular complexity index is 395. The molecule has 5 nitrogen and oxygen atoms in total. The molecule has 1 N–H and O–H groups in total. The molecule has 0 aromatic carbocycles. The van der Waals surface area contributed by atoms with Crippen LogP contribution in [0.3, 0.4) is 0 Å². The minimum absolute atomic E-state index is 0.149. The predicted molar refractivity (Wildman–Crippen MR) is 60.9 cm³/mol. The van der Waals surface area contributed by atoms with Crippen LogP contribution in [-0.2, 0) is 9.53 Å². The van der Waals surface area contributed by atoms with Crippen LogP contribution in [0.2, 0.25) is 0 Å². The number of methoxy groups -OCH3 is 1. The molecule has 0 spiro atoms. The zero-order valence-corrected chi connectivity index (χ0v) is 10.3. The van der Waals surface area contributed by atoms with Gasteiger partial charge in [-0.15, -0.1) is 0 Å². The molecule has 0 saturated carbocycles.